The molecule has 14 heteroatoms. The number of unbranched alkanes of at least 4 members (excludes halogenated alkanes) is 2. The predicted octanol–water partition coefficient (Wildman–Crippen LogP) is 1.08. The third kappa shape index (κ3) is 12.5. The molecule has 0 aromatic heterocycles. The molecular weight excluding hydrogens is 560 g/mol. The summed E-state index contributed by atoms with van der Waals surface area (Å²) < 4.78 is 4.71. The molecule has 1 aliphatic rings. The fourth-order valence-electron chi connectivity index (χ4n) is 4.48. The van der Waals surface area contributed by atoms with Crippen LogP contribution in [0.4, 0.5) is 10.5 Å². The number of primary amides is 1. The van der Waals surface area contributed by atoms with E-state index in [1.54, 1.807) is 38.1 Å². The van der Waals surface area contributed by atoms with Crippen molar-refractivity contribution in [1.82, 2.24) is 20.9 Å². The second-order valence-corrected chi connectivity index (χ2v) is 10.6. The molecule has 0 radical (unpaired) electrons. The second kappa shape index (κ2) is 18.1. The van der Waals surface area contributed by atoms with Crippen LogP contribution in [0.3, 0.4) is 0 Å². The highest BCUT2D eigenvalue weighted by Crippen LogP contribution is 2.14. The number of ether oxygens (including phenoxy) is 1. The zero-order chi connectivity index (χ0) is 31.8. The van der Waals surface area contributed by atoms with E-state index >= 15 is 0 Å². The predicted molar refractivity (Wildman–Crippen MR) is 156 cm³/mol. The Morgan fingerprint density at radius 1 is 0.953 bits per heavy atom. The van der Waals surface area contributed by atoms with Crippen LogP contribution in [0.15, 0.2) is 24.3 Å². The number of carbonyl (C=O) groups excluding carboxylic acids is 7. The molecule has 2 rings (SSSR count). The van der Waals surface area contributed by atoms with Gasteiger partial charge in [0, 0.05) is 38.0 Å². The molecule has 0 bridgehead atoms. The molecule has 1 aromatic rings. The third-order valence-corrected chi connectivity index (χ3v) is 6.85. The quantitative estimate of drug-likeness (QED) is 0.0878. The smallest absolute Gasteiger partial charge is 0.312 e. The number of hydrogen-bond acceptors (Lipinski definition) is 8. The molecule has 43 heavy (non-hydrogen) atoms. The zero-order valence-corrected chi connectivity index (χ0v) is 24.7. The van der Waals surface area contributed by atoms with Gasteiger partial charge in [-0.05, 0) is 49.3 Å². The maximum atomic E-state index is 13.3. The van der Waals surface area contributed by atoms with Crippen molar-refractivity contribution in [2.24, 2.45) is 11.7 Å². The Bertz CT molecular complexity index is 1120. The van der Waals surface area contributed by atoms with Crippen LogP contribution >= 0.6 is 0 Å². The molecule has 1 saturated heterocycles. The van der Waals surface area contributed by atoms with Gasteiger partial charge in [0.15, 0.2) is 0 Å². The molecule has 0 unspecified atom stereocenters. The first-order valence-corrected chi connectivity index (χ1v) is 14.4. The van der Waals surface area contributed by atoms with Gasteiger partial charge in [0.2, 0.25) is 29.5 Å². The topological polar surface area (TPSA) is 206 Å². The van der Waals surface area contributed by atoms with Crippen molar-refractivity contribution in [3.63, 3.8) is 0 Å². The summed E-state index contributed by atoms with van der Waals surface area (Å²) in [5, 5.41) is 10.7. The molecule has 236 valence electrons. The molecule has 1 aromatic carbocycles. The minimum Gasteiger partial charge on any atom is -0.463 e. The van der Waals surface area contributed by atoms with E-state index in [2.05, 4.69) is 21.3 Å². The van der Waals surface area contributed by atoms with Gasteiger partial charge in [-0.2, -0.15) is 0 Å². The SMILES string of the molecule is CC(C)[C@H](NC(=O)CCCCCN1C(=O)CCC1=O)C(=O)N[C@@H](CCCNC(N)=O)C(=O)Nc1ccc(COC=O)cc1. The number of hydrogen-bond donors (Lipinski definition) is 5. The molecule has 0 spiro atoms. The average molecular weight is 603 g/mol. The van der Waals surface area contributed by atoms with Gasteiger partial charge in [-0.1, -0.05) is 32.4 Å². The summed E-state index contributed by atoms with van der Waals surface area (Å²) in [6.45, 7) is 4.52. The van der Waals surface area contributed by atoms with Gasteiger partial charge in [0.25, 0.3) is 6.47 Å². The normalized spacial score (nSPS) is 14.2. The standard InChI is InChI=1S/C29H42N6O8/c1-19(2)26(34-23(37)8-4-3-5-16-35-24(38)13-14-25(35)39)28(41)33-22(7-6-15-31-29(30)42)27(40)32-21-11-9-20(10-12-21)17-43-18-36/h9-12,18-19,22,26H,3-8,13-17H2,1-2H3,(H,32,40)(H,33,41)(H,34,37)(H3,30,31,42)/t22-,26-/m0/s1. The van der Waals surface area contributed by atoms with Gasteiger partial charge in [0.05, 0.1) is 0 Å². The lowest BCUT2D eigenvalue weighted by atomic mass is 10.0. The number of imide groups is 1. The molecule has 1 aliphatic heterocycles. The summed E-state index contributed by atoms with van der Waals surface area (Å²) in [7, 11) is 0. The average Bonchev–Trinajstić information content (AvgIpc) is 3.28. The van der Waals surface area contributed by atoms with Crippen molar-refractivity contribution in [3.05, 3.63) is 29.8 Å². The van der Waals surface area contributed by atoms with Gasteiger partial charge in [-0.15, -0.1) is 0 Å². The highest BCUT2D eigenvalue weighted by Gasteiger charge is 2.29. The largest absolute Gasteiger partial charge is 0.463 e. The lowest BCUT2D eigenvalue weighted by molar-refractivity contribution is -0.138. The third-order valence-electron chi connectivity index (χ3n) is 6.85. The number of carbonyl (C=O) groups is 7. The molecule has 0 saturated carbocycles. The van der Waals surface area contributed by atoms with E-state index in [0.29, 0.717) is 44.4 Å². The van der Waals surface area contributed by atoms with E-state index in [9.17, 15) is 33.6 Å². The first-order chi connectivity index (χ1) is 20.5. The summed E-state index contributed by atoms with van der Waals surface area (Å²) in [6, 6.07) is 4.04. The minimum absolute atomic E-state index is 0.0895. The molecule has 1 fully saturated rings. The molecule has 0 aliphatic carbocycles. The van der Waals surface area contributed by atoms with Gasteiger partial charge in [0.1, 0.15) is 18.7 Å². The fourth-order valence-corrected chi connectivity index (χ4v) is 4.48. The first kappa shape index (κ1) is 34.7. The number of nitrogens with zero attached hydrogens (tertiary/aromatic N) is 1. The van der Waals surface area contributed by atoms with Gasteiger partial charge in [-0.3, -0.25) is 33.7 Å². The molecule has 1 heterocycles. The number of amides is 7. The summed E-state index contributed by atoms with van der Waals surface area (Å²) in [4.78, 5) is 85.1. The van der Waals surface area contributed by atoms with Crippen LogP contribution in [0.5, 0.6) is 0 Å². The molecule has 2 atom stereocenters. The summed E-state index contributed by atoms with van der Waals surface area (Å²) in [5.74, 6) is -1.95. The Morgan fingerprint density at radius 3 is 2.23 bits per heavy atom. The second-order valence-electron chi connectivity index (χ2n) is 10.6. The Kier molecular flexibility index (Phi) is 14.6. The van der Waals surface area contributed by atoms with E-state index in [0.717, 1.165) is 5.56 Å². The Hall–Kier alpha value is -4.49. The maximum absolute atomic E-state index is 13.3. The molecule has 14 nitrogen and oxygen atoms in total. The van der Waals surface area contributed by atoms with Crippen molar-refractivity contribution in [1.29, 1.82) is 0 Å². The molecule has 7 amide bonds. The van der Waals surface area contributed by atoms with Gasteiger partial charge < -0.3 is 31.7 Å². The number of urea groups is 1. The zero-order valence-electron chi connectivity index (χ0n) is 24.7. The van der Waals surface area contributed by atoms with Crippen LogP contribution in [0.2, 0.25) is 0 Å². The number of rotatable bonds is 19. The van der Waals surface area contributed by atoms with Crippen LogP contribution in [0, 0.1) is 5.92 Å². The van der Waals surface area contributed by atoms with Crippen molar-refractivity contribution in [2.75, 3.05) is 18.4 Å². The van der Waals surface area contributed by atoms with Crippen LogP contribution < -0.4 is 27.0 Å². The van der Waals surface area contributed by atoms with E-state index in [1.807, 2.05) is 0 Å². The van der Waals surface area contributed by atoms with E-state index < -0.39 is 29.9 Å². The number of nitrogens with two attached hydrogens (primary N) is 1. The van der Waals surface area contributed by atoms with Gasteiger partial charge in [-0.25, -0.2) is 4.79 Å². The number of nitrogens with one attached hydrogen (secondary N) is 4. The van der Waals surface area contributed by atoms with Crippen molar-refractivity contribution in [2.45, 2.75) is 83.9 Å². The van der Waals surface area contributed by atoms with Crippen LogP contribution in [0.25, 0.3) is 0 Å². The Balaban J connectivity index is 1.93. The van der Waals surface area contributed by atoms with E-state index in [1.165, 1.54) is 4.90 Å². The lowest BCUT2D eigenvalue weighted by Crippen LogP contribution is -2.54. The van der Waals surface area contributed by atoms with Crippen molar-refractivity contribution >= 4 is 47.7 Å². The number of likely N-dealkylation sites (tertiary alicyclic amines) is 1. The highest BCUT2D eigenvalue weighted by molar-refractivity contribution is 6.02. The Morgan fingerprint density at radius 2 is 1.63 bits per heavy atom. The lowest BCUT2D eigenvalue weighted by Gasteiger charge is -2.25. The summed E-state index contributed by atoms with van der Waals surface area (Å²) in [6.07, 6.45) is 2.94. The highest BCUT2D eigenvalue weighted by atomic mass is 16.5. The van der Waals surface area contributed by atoms with E-state index in [-0.39, 0.29) is 62.5 Å². The minimum atomic E-state index is -0.977. The first-order valence-electron chi connectivity index (χ1n) is 14.4. The number of benzene rings is 1. The monoisotopic (exact) mass is 602 g/mol. The van der Waals surface area contributed by atoms with E-state index in [4.69, 9.17) is 10.5 Å². The molecular formula is C29H42N6O8. The van der Waals surface area contributed by atoms with Gasteiger partial charge >= 0.3 is 6.03 Å². The number of anilines is 1. The van der Waals surface area contributed by atoms with Crippen molar-refractivity contribution in [3.8, 4) is 0 Å². The van der Waals surface area contributed by atoms with Crippen LogP contribution in [-0.4, -0.2) is 72.1 Å². The van der Waals surface area contributed by atoms with Crippen LogP contribution in [0.1, 0.15) is 70.8 Å². The fraction of sp³-hybridized carbons (Fsp3) is 0.552. The summed E-state index contributed by atoms with van der Waals surface area (Å²) >= 11 is 0. The van der Waals surface area contributed by atoms with Crippen molar-refractivity contribution < 1.29 is 38.3 Å². The molecule has 6 N–H and O–H groups in total. The van der Waals surface area contributed by atoms with Crippen LogP contribution in [-0.2, 0) is 40.1 Å². The maximum Gasteiger partial charge on any atom is 0.312 e. The summed E-state index contributed by atoms with van der Waals surface area (Å²) in [5.41, 5.74) is 6.29. The Labute approximate surface area is 250 Å².